The normalized spacial score (nSPS) is 14.3. The van der Waals surface area contributed by atoms with Crippen molar-refractivity contribution in [2.24, 2.45) is 0 Å². The molecule has 0 bridgehead atoms. The van der Waals surface area contributed by atoms with Gasteiger partial charge in [-0.05, 0) is 26.0 Å². The van der Waals surface area contributed by atoms with Crippen LogP contribution in [0.4, 0.5) is 0 Å². The molecular weight excluding hydrogens is 238 g/mol. The average Bonchev–Trinajstić information content (AvgIpc) is 2.84. The Bertz CT molecular complexity index is 455. The first-order valence-electron chi connectivity index (χ1n) is 5.38. The number of ether oxygens (including phenoxy) is 1. The van der Waals surface area contributed by atoms with E-state index in [9.17, 15) is 0 Å². The molecule has 2 rings (SSSR count). The molecule has 1 aromatic carbocycles. The molecule has 90 valence electrons. The van der Waals surface area contributed by atoms with Gasteiger partial charge < -0.3 is 4.74 Å². The Morgan fingerprint density at radius 1 is 1.29 bits per heavy atom. The van der Waals surface area contributed by atoms with Gasteiger partial charge in [0, 0.05) is 0 Å². The fourth-order valence-electron chi connectivity index (χ4n) is 1.45. The predicted molar refractivity (Wildman–Crippen MR) is 66.2 cm³/mol. The van der Waals surface area contributed by atoms with Crippen LogP contribution in [0.25, 0.3) is 0 Å². The fraction of sp³-hybridized carbons (Fsp3) is 0.333. The molecule has 0 aliphatic carbocycles. The largest absolute Gasteiger partial charge is 0.487 e. The van der Waals surface area contributed by atoms with E-state index in [1.54, 1.807) is 11.0 Å². The molecule has 4 nitrogen and oxygen atoms in total. The van der Waals surface area contributed by atoms with Crippen molar-refractivity contribution in [3.05, 3.63) is 42.5 Å². The zero-order valence-corrected chi connectivity index (χ0v) is 10.5. The zero-order chi connectivity index (χ0) is 12.3. The van der Waals surface area contributed by atoms with E-state index in [-0.39, 0.29) is 11.6 Å². The molecule has 0 fully saturated rings. The van der Waals surface area contributed by atoms with Crippen molar-refractivity contribution < 1.29 is 4.74 Å². The van der Waals surface area contributed by atoms with Crippen LogP contribution >= 0.6 is 11.6 Å². The van der Waals surface area contributed by atoms with E-state index in [1.807, 2.05) is 38.1 Å². The topological polar surface area (TPSA) is 39.9 Å². The lowest BCUT2D eigenvalue weighted by Gasteiger charge is -2.19. The molecular formula is C12H14ClN3O. The summed E-state index contributed by atoms with van der Waals surface area (Å²) in [6.07, 6.45) is 2.83. The lowest BCUT2D eigenvalue weighted by Crippen LogP contribution is -2.23. The van der Waals surface area contributed by atoms with Gasteiger partial charge in [-0.15, -0.1) is 0 Å². The number of nitrogens with zero attached hydrogens (tertiary/aromatic N) is 3. The van der Waals surface area contributed by atoms with Crippen LogP contribution in [0.2, 0.25) is 0 Å². The number of rotatable bonds is 4. The molecule has 0 N–H and O–H groups in total. The summed E-state index contributed by atoms with van der Waals surface area (Å²) in [5, 5.41) is 3.99. The number of benzene rings is 1. The van der Waals surface area contributed by atoms with Crippen LogP contribution in [0.15, 0.2) is 36.9 Å². The molecule has 0 saturated carbocycles. The van der Waals surface area contributed by atoms with Crippen LogP contribution in [-0.2, 0) is 0 Å². The standard InChI is InChI=1S/C12H14ClN3O/c1-9-3-5-11(6-4-9)17-10(2)12(13)16-8-14-7-15-16/h3-8,10,12H,1-2H3. The second-order valence-electron chi connectivity index (χ2n) is 3.88. The summed E-state index contributed by atoms with van der Waals surface area (Å²) in [4.78, 5) is 3.86. The van der Waals surface area contributed by atoms with Crippen LogP contribution in [-0.4, -0.2) is 20.9 Å². The van der Waals surface area contributed by atoms with Crippen molar-refractivity contribution in [2.45, 2.75) is 25.5 Å². The van der Waals surface area contributed by atoms with Gasteiger partial charge in [0.25, 0.3) is 0 Å². The van der Waals surface area contributed by atoms with Crippen LogP contribution in [0.1, 0.15) is 18.0 Å². The summed E-state index contributed by atoms with van der Waals surface area (Å²) in [5.41, 5.74) is 0.822. The molecule has 0 aliphatic rings. The van der Waals surface area contributed by atoms with Crippen molar-refractivity contribution in [2.75, 3.05) is 0 Å². The number of alkyl halides is 1. The molecule has 17 heavy (non-hydrogen) atoms. The number of hydrogen-bond donors (Lipinski definition) is 0. The van der Waals surface area contributed by atoms with Gasteiger partial charge in [-0.25, -0.2) is 9.67 Å². The summed E-state index contributed by atoms with van der Waals surface area (Å²) in [5.74, 6) is 0.800. The molecule has 2 unspecified atom stereocenters. The SMILES string of the molecule is Cc1ccc(OC(C)C(Cl)n2cncn2)cc1. The molecule has 1 heterocycles. The van der Waals surface area contributed by atoms with E-state index in [2.05, 4.69) is 10.1 Å². The predicted octanol–water partition coefficient (Wildman–Crippen LogP) is 2.79. The molecule has 0 radical (unpaired) electrons. The lowest BCUT2D eigenvalue weighted by atomic mass is 10.2. The third-order valence-electron chi connectivity index (χ3n) is 2.42. The Balaban J connectivity index is 2.01. The van der Waals surface area contributed by atoms with Gasteiger partial charge in [-0.2, -0.15) is 5.10 Å². The highest BCUT2D eigenvalue weighted by molar-refractivity contribution is 6.19. The van der Waals surface area contributed by atoms with Crippen molar-refractivity contribution >= 4 is 11.6 Å². The molecule has 1 aromatic heterocycles. The number of aryl methyl sites for hydroxylation is 1. The zero-order valence-electron chi connectivity index (χ0n) is 9.75. The first kappa shape index (κ1) is 11.9. The molecule has 0 aliphatic heterocycles. The van der Waals surface area contributed by atoms with Crippen LogP contribution < -0.4 is 4.74 Å². The monoisotopic (exact) mass is 251 g/mol. The summed E-state index contributed by atoms with van der Waals surface area (Å²) < 4.78 is 7.30. The van der Waals surface area contributed by atoms with Gasteiger partial charge in [-0.3, -0.25) is 0 Å². The summed E-state index contributed by atoms with van der Waals surface area (Å²) in [6.45, 7) is 3.94. The highest BCUT2D eigenvalue weighted by Gasteiger charge is 2.18. The van der Waals surface area contributed by atoms with Gasteiger partial charge in [-0.1, -0.05) is 29.3 Å². The van der Waals surface area contributed by atoms with E-state index < -0.39 is 0 Å². The quantitative estimate of drug-likeness (QED) is 0.785. The van der Waals surface area contributed by atoms with Gasteiger partial charge >= 0.3 is 0 Å². The van der Waals surface area contributed by atoms with Crippen molar-refractivity contribution in [3.63, 3.8) is 0 Å². The molecule has 0 spiro atoms. The molecule has 0 amide bonds. The minimum Gasteiger partial charge on any atom is -0.487 e. The van der Waals surface area contributed by atoms with Crippen molar-refractivity contribution in [1.82, 2.24) is 14.8 Å². The first-order chi connectivity index (χ1) is 8.16. The minimum atomic E-state index is -0.376. The van der Waals surface area contributed by atoms with Crippen LogP contribution in [0, 0.1) is 6.92 Å². The Morgan fingerprint density at radius 3 is 2.59 bits per heavy atom. The summed E-state index contributed by atoms with van der Waals surface area (Å²) in [6, 6.07) is 7.86. The van der Waals surface area contributed by atoms with Crippen molar-refractivity contribution in [3.8, 4) is 5.75 Å². The Kier molecular flexibility index (Phi) is 3.64. The second-order valence-corrected chi connectivity index (χ2v) is 4.33. The third kappa shape index (κ3) is 2.97. The van der Waals surface area contributed by atoms with E-state index in [0.717, 1.165) is 5.75 Å². The van der Waals surface area contributed by atoms with Crippen LogP contribution in [0.3, 0.4) is 0 Å². The smallest absolute Gasteiger partial charge is 0.163 e. The molecule has 0 saturated heterocycles. The van der Waals surface area contributed by atoms with E-state index >= 15 is 0 Å². The summed E-state index contributed by atoms with van der Waals surface area (Å²) >= 11 is 6.21. The maximum Gasteiger partial charge on any atom is 0.163 e. The number of hydrogen-bond acceptors (Lipinski definition) is 3. The van der Waals surface area contributed by atoms with Gasteiger partial charge in [0.2, 0.25) is 0 Å². The Hall–Kier alpha value is -1.55. The van der Waals surface area contributed by atoms with E-state index in [1.165, 1.54) is 11.9 Å². The Morgan fingerprint density at radius 2 is 2.00 bits per heavy atom. The Labute approximate surface area is 105 Å². The first-order valence-corrected chi connectivity index (χ1v) is 5.82. The maximum atomic E-state index is 6.21. The highest BCUT2D eigenvalue weighted by atomic mass is 35.5. The summed E-state index contributed by atoms with van der Waals surface area (Å²) in [7, 11) is 0. The molecule has 2 atom stereocenters. The molecule has 2 aromatic rings. The van der Waals surface area contributed by atoms with Crippen LogP contribution in [0.5, 0.6) is 5.75 Å². The minimum absolute atomic E-state index is 0.193. The average molecular weight is 252 g/mol. The van der Waals surface area contributed by atoms with Gasteiger partial charge in [0.15, 0.2) is 5.50 Å². The number of aromatic nitrogens is 3. The highest BCUT2D eigenvalue weighted by Crippen LogP contribution is 2.21. The van der Waals surface area contributed by atoms with E-state index in [0.29, 0.717) is 0 Å². The maximum absolute atomic E-state index is 6.21. The van der Waals surface area contributed by atoms with E-state index in [4.69, 9.17) is 16.3 Å². The second kappa shape index (κ2) is 5.19. The fourth-order valence-corrected chi connectivity index (χ4v) is 1.60. The van der Waals surface area contributed by atoms with Gasteiger partial charge in [0.1, 0.15) is 24.5 Å². The molecule has 5 heteroatoms. The van der Waals surface area contributed by atoms with Crippen molar-refractivity contribution in [1.29, 1.82) is 0 Å². The van der Waals surface area contributed by atoms with Gasteiger partial charge in [0.05, 0.1) is 0 Å². The number of halogens is 1. The third-order valence-corrected chi connectivity index (χ3v) is 2.97. The lowest BCUT2D eigenvalue weighted by molar-refractivity contribution is 0.186.